The van der Waals surface area contributed by atoms with Gasteiger partial charge in [0.2, 0.25) is 0 Å². The number of anilines is 1. The van der Waals surface area contributed by atoms with E-state index in [1.165, 1.54) is 0 Å². The minimum atomic E-state index is -0.172. The number of nitrogens with two attached hydrogens (primary N) is 1. The first-order chi connectivity index (χ1) is 12.0. The van der Waals surface area contributed by atoms with Crippen LogP contribution in [0.3, 0.4) is 0 Å². The van der Waals surface area contributed by atoms with E-state index in [4.69, 9.17) is 10.5 Å². The number of ether oxygens (including phenoxy) is 1. The summed E-state index contributed by atoms with van der Waals surface area (Å²) in [5.74, 6) is 1.12. The van der Waals surface area contributed by atoms with Crippen molar-refractivity contribution in [2.24, 2.45) is 11.7 Å². The molecule has 25 heavy (non-hydrogen) atoms. The zero-order valence-corrected chi connectivity index (χ0v) is 14.8. The molecule has 2 aliphatic rings. The van der Waals surface area contributed by atoms with Gasteiger partial charge in [-0.3, -0.25) is 9.69 Å². The summed E-state index contributed by atoms with van der Waals surface area (Å²) < 4.78 is 5.38. The van der Waals surface area contributed by atoms with Crippen LogP contribution in [0.2, 0.25) is 0 Å². The monoisotopic (exact) mass is 346 g/mol. The van der Waals surface area contributed by atoms with Gasteiger partial charge in [0.05, 0.1) is 12.8 Å². The van der Waals surface area contributed by atoms with Crippen LogP contribution in [0.4, 0.5) is 10.5 Å². The molecule has 2 fully saturated rings. The molecule has 3 rings (SSSR count). The molecule has 0 aliphatic carbocycles. The molecular formula is C18H26N4O3. The maximum atomic E-state index is 13.0. The van der Waals surface area contributed by atoms with Gasteiger partial charge in [-0.2, -0.15) is 0 Å². The standard InChI is InChI=1S/C18H26N4O3/c1-12-5-7-21(14(9-12)11-19)17(23)13-3-4-16(25-2)15(10-13)22-8-6-20-18(22)24/h3-4,10,12,14H,5-9,11,19H2,1-2H3,(H,20,24). The van der Waals surface area contributed by atoms with Crippen molar-refractivity contribution in [3.05, 3.63) is 23.8 Å². The second kappa shape index (κ2) is 7.31. The number of likely N-dealkylation sites (tertiary alicyclic amines) is 1. The van der Waals surface area contributed by atoms with Crippen LogP contribution >= 0.6 is 0 Å². The average Bonchev–Trinajstić information content (AvgIpc) is 3.06. The molecule has 3 N–H and O–H groups in total. The number of urea groups is 1. The van der Waals surface area contributed by atoms with Crippen LogP contribution in [0.25, 0.3) is 0 Å². The van der Waals surface area contributed by atoms with Gasteiger partial charge in [-0.15, -0.1) is 0 Å². The molecule has 0 spiro atoms. The minimum Gasteiger partial charge on any atom is -0.495 e. The maximum absolute atomic E-state index is 13.0. The van der Waals surface area contributed by atoms with E-state index in [2.05, 4.69) is 12.2 Å². The van der Waals surface area contributed by atoms with E-state index in [1.54, 1.807) is 30.2 Å². The van der Waals surface area contributed by atoms with E-state index < -0.39 is 0 Å². The Morgan fingerprint density at radius 2 is 2.20 bits per heavy atom. The number of hydrogen-bond acceptors (Lipinski definition) is 4. The van der Waals surface area contributed by atoms with Crippen molar-refractivity contribution >= 4 is 17.6 Å². The third kappa shape index (κ3) is 3.42. The molecule has 136 valence electrons. The SMILES string of the molecule is COc1ccc(C(=O)N2CCC(C)CC2CN)cc1N1CCNC1=O. The fraction of sp³-hybridized carbons (Fsp3) is 0.556. The highest BCUT2D eigenvalue weighted by molar-refractivity contribution is 6.00. The molecule has 0 radical (unpaired) electrons. The van der Waals surface area contributed by atoms with Crippen molar-refractivity contribution in [1.29, 1.82) is 0 Å². The Balaban J connectivity index is 1.89. The molecule has 2 aliphatic heterocycles. The molecule has 0 bridgehead atoms. The molecule has 1 aromatic rings. The largest absolute Gasteiger partial charge is 0.495 e. The highest BCUT2D eigenvalue weighted by Gasteiger charge is 2.31. The number of amides is 3. The van der Waals surface area contributed by atoms with Crippen molar-refractivity contribution in [2.45, 2.75) is 25.8 Å². The highest BCUT2D eigenvalue weighted by atomic mass is 16.5. The van der Waals surface area contributed by atoms with E-state index in [9.17, 15) is 9.59 Å². The van der Waals surface area contributed by atoms with Gasteiger partial charge in [0, 0.05) is 37.8 Å². The predicted octanol–water partition coefficient (Wildman–Crippen LogP) is 1.42. The van der Waals surface area contributed by atoms with Crippen molar-refractivity contribution in [3.63, 3.8) is 0 Å². The van der Waals surface area contributed by atoms with Crippen molar-refractivity contribution in [3.8, 4) is 5.75 Å². The van der Waals surface area contributed by atoms with E-state index in [0.717, 1.165) is 12.8 Å². The Hall–Kier alpha value is -2.28. The van der Waals surface area contributed by atoms with Gasteiger partial charge >= 0.3 is 6.03 Å². The number of methoxy groups -OCH3 is 1. The number of rotatable bonds is 4. The summed E-state index contributed by atoms with van der Waals surface area (Å²) in [5.41, 5.74) is 7.07. The third-order valence-electron chi connectivity index (χ3n) is 5.08. The first kappa shape index (κ1) is 17.5. The number of nitrogens with one attached hydrogen (secondary N) is 1. The quantitative estimate of drug-likeness (QED) is 0.863. The first-order valence-electron chi connectivity index (χ1n) is 8.79. The summed E-state index contributed by atoms with van der Waals surface area (Å²) in [7, 11) is 1.56. The van der Waals surface area contributed by atoms with Crippen LogP contribution in [0, 0.1) is 5.92 Å². The first-order valence-corrected chi connectivity index (χ1v) is 8.79. The van der Waals surface area contributed by atoms with E-state index in [1.807, 2.05) is 4.90 Å². The molecular weight excluding hydrogens is 320 g/mol. The summed E-state index contributed by atoms with van der Waals surface area (Å²) in [4.78, 5) is 28.5. The summed E-state index contributed by atoms with van der Waals surface area (Å²) in [6, 6.07) is 5.14. The Labute approximate surface area is 148 Å². The zero-order valence-electron chi connectivity index (χ0n) is 14.8. The molecule has 0 saturated carbocycles. The Morgan fingerprint density at radius 1 is 1.40 bits per heavy atom. The van der Waals surface area contributed by atoms with Crippen LogP contribution < -0.4 is 20.7 Å². The molecule has 1 aromatic carbocycles. The highest BCUT2D eigenvalue weighted by Crippen LogP contribution is 2.32. The Morgan fingerprint density at radius 3 is 2.84 bits per heavy atom. The summed E-state index contributed by atoms with van der Waals surface area (Å²) >= 11 is 0. The van der Waals surface area contributed by atoms with Gasteiger partial charge in [-0.25, -0.2) is 4.79 Å². The van der Waals surface area contributed by atoms with Gasteiger partial charge in [-0.1, -0.05) is 6.92 Å². The van der Waals surface area contributed by atoms with Crippen molar-refractivity contribution < 1.29 is 14.3 Å². The number of piperidine rings is 1. The van der Waals surface area contributed by atoms with E-state index in [0.29, 0.717) is 49.1 Å². The average molecular weight is 346 g/mol. The number of carbonyl (C=O) groups is 2. The van der Waals surface area contributed by atoms with Crippen molar-refractivity contribution in [1.82, 2.24) is 10.2 Å². The molecule has 7 heteroatoms. The fourth-order valence-corrected chi connectivity index (χ4v) is 3.64. The predicted molar refractivity (Wildman–Crippen MR) is 96.0 cm³/mol. The topological polar surface area (TPSA) is 87.9 Å². The van der Waals surface area contributed by atoms with Crippen LogP contribution in [0.1, 0.15) is 30.1 Å². The zero-order chi connectivity index (χ0) is 18.0. The van der Waals surface area contributed by atoms with E-state index in [-0.39, 0.29) is 18.0 Å². The van der Waals surface area contributed by atoms with Gasteiger partial charge < -0.3 is 20.7 Å². The minimum absolute atomic E-state index is 0.0362. The van der Waals surface area contributed by atoms with Crippen LogP contribution in [0.15, 0.2) is 18.2 Å². The maximum Gasteiger partial charge on any atom is 0.322 e. The Bertz CT molecular complexity index is 664. The molecule has 2 heterocycles. The summed E-state index contributed by atoms with van der Waals surface area (Å²) in [6.07, 6.45) is 1.92. The Kier molecular flexibility index (Phi) is 5.13. The van der Waals surface area contributed by atoms with Crippen LogP contribution in [-0.2, 0) is 0 Å². The molecule has 3 amide bonds. The summed E-state index contributed by atoms with van der Waals surface area (Å²) in [5, 5.41) is 2.77. The van der Waals surface area contributed by atoms with Gasteiger partial charge in [-0.05, 0) is 37.0 Å². The van der Waals surface area contributed by atoms with E-state index >= 15 is 0 Å². The second-order valence-corrected chi connectivity index (χ2v) is 6.79. The molecule has 2 unspecified atom stereocenters. The van der Waals surface area contributed by atoms with Gasteiger partial charge in [0.15, 0.2) is 0 Å². The molecule has 7 nitrogen and oxygen atoms in total. The van der Waals surface area contributed by atoms with Gasteiger partial charge in [0.1, 0.15) is 5.75 Å². The number of benzene rings is 1. The number of carbonyl (C=O) groups excluding carboxylic acids is 2. The lowest BCUT2D eigenvalue weighted by molar-refractivity contribution is 0.0573. The van der Waals surface area contributed by atoms with Crippen LogP contribution in [0.5, 0.6) is 5.75 Å². The summed E-state index contributed by atoms with van der Waals surface area (Å²) in [6.45, 7) is 4.52. The lowest BCUT2D eigenvalue weighted by Crippen LogP contribution is -2.49. The van der Waals surface area contributed by atoms with Crippen LogP contribution in [-0.4, -0.2) is 56.2 Å². The van der Waals surface area contributed by atoms with Gasteiger partial charge in [0.25, 0.3) is 5.91 Å². The lowest BCUT2D eigenvalue weighted by atomic mass is 9.92. The van der Waals surface area contributed by atoms with Crippen molar-refractivity contribution in [2.75, 3.05) is 38.2 Å². The molecule has 0 aromatic heterocycles. The lowest BCUT2D eigenvalue weighted by Gasteiger charge is -2.38. The number of nitrogens with zero attached hydrogens (tertiary/aromatic N) is 2. The second-order valence-electron chi connectivity index (χ2n) is 6.79. The number of hydrogen-bond donors (Lipinski definition) is 2. The smallest absolute Gasteiger partial charge is 0.322 e. The molecule has 2 saturated heterocycles. The third-order valence-corrected chi connectivity index (χ3v) is 5.08. The molecule has 2 atom stereocenters. The fourth-order valence-electron chi connectivity index (χ4n) is 3.64. The normalized spacial score (nSPS) is 23.6.